The number of hydrogen-bond donors (Lipinski definition) is 2. The van der Waals surface area contributed by atoms with E-state index in [1.807, 2.05) is 31.5 Å². The third-order valence-corrected chi connectivity index (χ3v) is 4.24. The quantitative estimate of drug-likeness (QED) is 0.795. The first kappa shape index (κ1) is 17.0. The summed E-state index contributed by atoms with van der Waals surface area (Å²) >= 11 is 0. The summed E-state index contributed by atoms with van der Waals surface area (Å²) in [5, 5.41) is 22.9. The van der Waals surface area contributed by atoms with E-state index in [2.05, 4.69) is 16.3 Å². The van der Waals surface area contributed by atoms with Crippen molar-refractivity contribution in [2.75, 3.05) is 39.4 Å². The Labute approximate surface area is 132 Å². The van der Waals surface area contributed by atoms with Crippen LogP contribution in [0.3, 0.4) is 0 Å². The number of morpholine rings is 1. The normalized spacial score (nSPS) is 18.9. The number of nitriles is 1. The Morgan fingerprint density at radius 3 is 2.73 bits per heavy atom. The van der Waals surface area contributed by atoms with Gasteiger partial charge in [-0.1, -0.05) is 0 Å². The molecule has 1 aliphatic heterocycles. The molecule has 0 amide bonds. The fourth-order valence-corrected chi connectivity index (χ4v) is 2.81. The van der Waals surface area contributed by atoms with Crippen molar-refractivity contribution in [3.63, 3.8) is 0 Å². The average molecular weight is 306 g/mol. The Hall–Kier alpha value is -1.39. The highest BCUT2D eigenvalue weighted by Gasteiger charge is 2.25. The average Bonchev–Trinajstić information content (AvgIpc) is 2.75. The molecule has 1 aliphatic rings. The van der Waals surface area contributed by atoms with E-state index < -0.39 is 5.60 Å². The van der Waals surface area contributed by atoms with Crippen molar-refractivity contribution >= 4 is 0 Å². The first-order chi connectivity index (χ1) is 10.4. The van der Waals surface area contributed by atoms with Crippen LogP contribution in [0.1, 0.15) is 23.9 Å². The van der Waals surface area contributed by atoms with Crippen LogP contribution in [0.4, 0.5) is 0 Å². The van der Waals surface area contributed by atoms with E-state index in [0.717, 1.165) is 37.6 Å². The molecule has 1 fully saturated rings. The van der Waals surface area contributed by atoms with E-state index in [4.69, 9.17) is 10.00 Å². The molecule has 22 heavy (non-hydrogen) atoms. The minimum absolute atomic E-state index is 0.514. The second-order valence-electron chi connectivity index (χ2n) is 6.30. The van der Waals surface area contributed by atoms with Gasteiger partial charge in [-0.25, -0.2) is 0 Å². The van der Waals surface area contributed by atoms with Crippen molar-refractivity contribution in [1.29, 1.82) is 5.26 Å². The van der Waals surface area contributed by atoms with E-state index in [1.165, 1.54) is 0 Å². The Bertz CT molecular complexity index is 539. The van der Waals surface area contributed by atoms with Crippen LogP contribution < -0.4 is 5.32 Å². The molecule has 1 saturated heterocycles. The topological polar surface area (TPSA) is 73.5 Å². The maximum absolute atomic E-state index is 10.5. The monoisotopic (exact) mass is 306 g/mol. The zero-order valence-corrected chi connectivity index (χ0v) is 13.7. The van der Waals surface area contributed by atoms with Crippen LogP contribution in [0.15, 0.2) is 6.07 Å². The zero-order chi connectivity index (χ0) is 16.2. The minimum Gasteiger partial charge on any atom is -0.388 e. The van der Waals surface area contributed by atoms with Gasteiger partial charge in [-0.05, 0) is 25.5 Å². The number of nitrogens with one attached hydrogen (secondary N) is 1. The van der Waals surface area contributed by atoms with Gasteiger partial charge in [0.05, 0.1) is 18.8 Å². The fraction of sp³-hybridized carbons (Fsp3) is 0.688. The number of rotatable bonds is 6. The second kappa shape index (κ2) is 7.25. The SMILES string of the molecule is Cc1c(CNCC(C)(O)CN2CCOCC2)cc(C#N)n1C. The highest BCUT2D eigenvalue weighted by Crippen LogP contribution is 2.14. The summed E-state index contributed by atoms with van der Waals surface area (Å²) < 4.78 is 7.21. The predicted molar refractivity (Wildman–Crippen MR) is 84.5 cm³/mol. The molecular weight excluding hydrogens is 280 g/mol. The van der Waals surface area contributed by atoms with Crippen LogP contribution in [-0.2, 0) is 18.3 Å². The highest BCUT2D eigenvalue weighted by molar-refractivity contribution is 5.34. The van der Waals surface area contributed by atoms with Gasteiger partial charge in [-0.2, -0.15) is 5.26 Å². The van der Waals surface area contributed by atoms with Crippen LogP contribution in [0.2, 0.25) is 0 Å². The number of ether oxygens (including phenoxy) is 1. The number of β-amino-alcohol motifs (C(OH)–C–C–N with tert-alkyl or cyclic N) is 1. The van der Waals surface area contributed by atoms with Crippen LogP contribution in [0, 0.1) is 18.3 Å². The van der Waals surface area contributed by atoms with Crippen molar-refractivity contribution in [1.82, 2.24) is 14.8 Å². The van der Waals surface area contributed by atoms with Gasteiger partial charge in [0.15, 0.2) is 0 Å². The maximum Gasteiger partial charge on any atom is 0.120 e. The maximum atomic E-state index is 10.5. The molecule has 0 aromatic carbocycles. The van der Waals surface area contributed by atoms with Crippen molar-refractivity contribution < 1.29 is 9.84 Å². The van der Waals surface area contributed by atoms with Gasteiger partial charge in [-0.3, -0.25) is 4.90 Å². The van der Waals surface area contributed by atoms with E-state index in [-0.39, 0.29) is 0 Å². The molecule has 1 atom stereocenters. The lowest BCUT2D eigenvalue weighted by atomic mass is 10.1. The van der Waals surface area contributed by atoms with Gasteiger partial charge < -0.3 is 19.7 Å². The lowest BCUT2D eigenvalue weighted by molar-refractivity contribution is -0.0219. The number of aliphatic hydroxyl groups is 1. The lowest BCUT2D eigenvalue weighted by Crippen LogP contribution is -2.50. The molecule has 1 aromatic rings. The summed E-state index contributed by atoms with van der Waals surface area (Å²) in [5.74, 6) is 0. The van der Waals surface area contributed by atoms with Crippen molar-refractivity contribution in [2.24, 2.45) is 7.05 Å². The van der Waals surface area contributed by atoms with Crippen LogP contribution in [0.25, 0.3) is 0 Å². The molecule has 0 spiro atoms. The molecule has 0 bridgehead atoms. The molecule has 2 heterocycles. The van der Waals surface area contributed by atoms with Gasteiger partial charge in [-0.15, -0.1) is 0 Å². The highest BCUT2D eigenvalue weighted by atomic mass is 16.5. The molecule has 0 radical (unpaired) electrons. The van der Waals surface area contributed by atoms with E-state index in [9.17, 15) is 5.11 Å². The van der Waals surface area contributed by atoms with Gasteiger partial charge in [0.2, 0.25) is 0 Å². The molecule has 6 nitrogen and oxygen atoms in total. The van der Waals surface area contributed by atoms with Gasteiger partial charge >= 0.3 is 0 Å². The molecule has 0 saturated carbocycles. The smallest absolute Gasteiger partial charge is 0.120 e. The Morgan fingerprint density at radius 2 is 2.14 bits per heavy atom. The number of aromatic nitrogens is 1. The Morgan fingerprint density at radius 1 is 1.45 bits per heavy atom. The standard InChI is InChI=1S/C16H26N4O2/c1-13-14(8-15(9-17)19(13)3)10-18-11-16(2,21)12-20-4-6-22-7-5-20/h8,18,21H,4-7,10-12H2,1-3H3. The van der Waals surface area contributed by atoms with Gasteiger partial charge in [0.1, 0.15) is 11.8 Å². The van der Waals surface area contributed by atoms with E-state index in [1.54, 1.807) is 0 Å². The summed E-state index contributed by atoms with van der Waals surface area (Å²) in [7, 11) is 1.89. The first-order valence-electron chi connectivity index (χ1n) is 7.71. The molecule has 2 rings (SSSR count). The largest absolute Gasteiger partial charge is 0.388 e. The van der Waals surface area contributed by atoms with E-state index >= 15 is 0 Å². The molecular formula is C16H26N4O2. The van der Waals surface area contributed by atoms with Gasteiger partial charge in [0.25, 0.3) is 0 Å². The number of nitrogens with zero attached hydrogens (tertiary/aromatic N) is 3. The summed E-state index contributed by atoms with van der Waals surface area (Å²) in [6.45, 7) is 8.89. The summed E-state index contributed by atoms with van der Waals surface area (Å²) in [5.41, 5.74) is 2.06. The third-order valence-electron chi connectivity index (χ3n) is 4.24. The summed E-state index contributed by atoms with van der Waals surface area (Å²) in [6.07, 6.45) is 0. The molecule has 122 valence electrons. The molecule has 2 N–H and O–H groups in total. The first-order valence-corrected chi connectivity index (χ1v) is 7.71. The van der Waals surface area contributed by atoms with E-state index in [0.29, 0.717) is 25.3 Å². The second-order valence-corrected chi connectivity index (χ2v) is 6.30. The van der Waals surface area contributed by atoms with Crippen LogP contribution >= 0.6 is 0 Å². The molecule has 6 heteroatoms. The predicted octanol–water partition coefficient (Wildman–Crippen LogP) is 0.378. The third kappa shape index (κ3) is 4.31. The molecule has 1 aromatic heterocycles. The molecule has 1 unspecified atom stereocenters. The van der Waals surface area contributed by atoms with Gasteiger partial charge in [0, 0.05) is 45.5 Å². The number of hydrogen-bond acceptors (Lipinski definition) is 5. The fourth-order valence-electron chi connectivity index (χ4n) is 2.81. The molecule has 0 aliphatic carbocycles. The van der Waals surface area contributed by atoms with Crippen molar-refractivity contribution in [3.05, 3.63) is 23.0 Å². The minimum atomic E-state index is -0.780. The van der Waals surface area contributed by atoms with Crippen LogP contribution in [-0.4, -0.2) is 59.6 Å². The van der Waals surface area contributed by atoms with Crippen molar-refractivity contribution in [2.45, 2.75) is 26.0 Å². The Kier molecular flexibility index (Phi) is 5.59. The van der Waals surface area contributed by atoms with Crippen LogP contribution in [0.5, 0.6) is 0 Å². The lowest BCUT2D eigenvalue weighted by Gasteiger charge is -2.34. The Balaban J connectivity index is 1.83. The zero-order valence-electron chi connectivity index (χ0n) is 13.7. The summed E-state index contributed by atoms with van der Waals surface area (Å²) in [6, 6.07) is 4.09. The van der Waals surface area contributed by atoms with Crippen molar-refractivity contribution in [3.8, 4) is 6.07 Å². The summed E-state index contributed by atoms with van der Waals surface area (Å²) in [4.78, 5) is 2.23.